The average molecular weight is 183 g/mol. The molecular weight excluding hydrogens is 166 g/mol. The van der Waals surface area contributed by atoms with E-state index in [1.807, 2.05) is 0 Å². The average Bonchev–Trinajstić information content (AvgIpc) is 2.15. The van der Waals surface area contributed by atoms with Crippen LogP contribution in [0, 0.1) is 11.3 Å². The van der Waals surface area contributed by atoms with Gasteiger partial charge in [-0.05, 0) is 19.4 Å². The maximum atomic E-state index is 8.86. The van der Waals surface area contributed by atoms with Gasteiger partial charge in [0.25, 0.3) is 0 Å². The number of rotatable bonds is 3. The zero-order valence-electron chi connectivity index (χ0n) is 8.12. The Balaban J connectivity index is 2.38. The van der Waals surface area contributed by atoms with E-state index in [0.717, 1.165) is 25.9 Å². The molecular formula is C9H17N3O. The summed E-state index contributed by atoms with van der Waals surface area (Å²) in [6, 6.07) is 2.18. The molecule has 4 heteroatoms. The molecule has 0 aromatic heterocycles. The Bertz CT molecular complexity index is 202. The number of nitriles is 1. The van der Waals surface area contributed by atoms with E-state index in [0.29, 0.717) is 13.2 Å². The lowest BCUT2D eigenvalue weighted by Crippen LogP contribution is -2.53. The molecule has 0 aliphatic carbocycles. The summed E-state index contributed by atoms with van der Waals surface area (Å²) in [6.45, 7) is 3.29. The molecule has 1 aliphatic heterocycles. The summed E-state index contributed by atoms with van der Waals surface area (Å²) in [5.41, 5.74) is 5.24. The van der Waals surface area contributed by atoms with E-state index >= 15 is 0 Å². The number of nitrogens with two attached hydrogens (primary N) is 1. The normalized spacial score (nSPS) is 29.9. The SMILES string of the molecule is COCCN1CCCC(N)(C#N)C1. The van der Waals surface area contributed by atoms with Gasteiger partial charge in [0.2, 0.25) is 0 Å². The first-order valence-electron chi connectivity index (χ1n) is 4.61. The van der Waals surface area contributed by atoms with E-state index in [-0.39, 0.29) is 0 Å². The van der Waals surface area contributed by atoms with E-state index in [9.17, 15) is 0 Å². The quantitative estimate of drug-likeness (QED) is 0.666. The molecule has 1 heterocycles. The Morgan fingerprint density at radius 2 is 2.46 bits per heavy atom. The molecule has 1 saturated heterocycles. The minimum atomic E-state index is -0.633. The van der Waals surface area contributed by atoms with Crippen LogP contribution in [0.15, 0.2) is 0 Å². The summed E-state index contributed by atoms with van der Waals surface area (Å²) in [4.78, 5) is 2.19. The first-order chi connectivity index (χ1) is 6.20. The van der Waals surface area contributed by atoms with Gasteiger partial charge in [-0.15, -0.1) is 0 Å². The van der Waals surface area contributed by atoms with E-state index in [4.69, 9.17) is 15.7 Å². The molecule has 0 radical (unpaired) electrons. The highest BCUT2D eigenvalue weighted by Crippen LogP contribution is 2.17. The van der Waals surface area contributed by atoms with Gasteiger partial charge in [-0.25, -0.2) is 0 Å². The van der Waals surface area contributed by atoms with Crippen molar-refractivity contribution in [1.82, 2.24) is 4.90 Å². The molecule has 13 heavy (non-hydrogen) atoms. The predicted octanol–water partition coefficient (Wildman–Crippen LogP) is -0.0503. The summed E-state index contributed by atoms with van der Waals surface area (Å²) >= 11 is 0. The molecule has 0 spiro atoms. The molecule has 0 saturated carbocycles. The van der Waals surface area contributed by atoms with Crippen molar-refractivity contribution >= 4 is 0 Å². The zero-order valence-corrected chi connectivity index (χ0v) is 8.12. The Hall–Kier alpha value is -0.630. The minimum Gasteiger partial charge on any atom is -0.383 e. The highest BCUT2D eigenvalue weighted by atomic mass is 16.5. The van der Waals surface area contributed by atoms with Crippen molar-refractivity contribution in [2.24, 2.45) is 5.73 Å². The summed E-state index contributed by atoms with van der Waals surface area (Å²) in [7, 11) is 1.68. The summed E-state index contributed by atoms with van der Waals surface area (Å²) in [5, 5.41) is 8.86. The topological polar surface area (TPSA) is 62.3 Å². The summed E-state index contributed by atoms with van der Waals surface area (Å²) < 4.78 is 4.98. The Labute approximate surface area is 79.3 Å². The maximum Gasteiger partial charge on any atom is 0.117 e. The number of likely N-dealkylation sites (tertiary alicyclic amines) is 1. The van der Waals surface area contributed by atoms with Crippen molar-refractivity contribution in [3.8, 4) is 6.07 Å². The molecule has 0 bridgehead atoms. The van der Waals surface area contributed by atoms with Crippen molar-refractivity contribution in [2.45, 2.75) is 18.4 Å². The zero-order chi connectivity index (χ0) is 9.73. The third-order valence-corrected chi connectivity index (χ3v) is 2.44. The molecule has 1 aliphatic rings. The molecule has 1 atom stereocenters. The largest absolute Gasteiger partial charge is 0.383 e. The van der Waals surface area contributed by atoms with Gasteiger partial charge >= 0.3 is 0 Å². The summed E-state index contributed by atoms with van der Waals surface area (Å²) in [5.74, 6) is 0. The molecule has 1 unspecified atom stereocenters. The highest BCUT2D eigenvalue weighted by Gasteiger charge is 2.30. The van der Waals surface area contributed by atoms with E-state index < -0.39 is 5.54 Å². The predicted molar refractivity (Wildman–Crippen MR) is 50.1 cm³/mol. The van der Waals surface area contributed by atoms with Crippen LogP contribution in [0.1, 0.15) is 12.8 Å². The highest BCUT2D eigenvalue weighted by molar-refractivity contribution is 5.08. The van der Waals surface area contributed by atoms with Crippen LogP contribution >= 0.6 is 0 Å². The third kappa shape index (κ3) is 2.96. The van der Waals surface area contributed by atoms with Crippen molar-refractivity contribution in [1.29, 1.82) is 5.26 Å². The van der Waals surface area contributed by atoms with Crippen LogP contribution in [0.25, 0.3) is 0 Å². The standard InChI is InChI=1S/C9H17N3O/c1-13-6-5-12-4-2-3-9(11,7-10)8-12/h2-6,8,11H2,1H3. The second kappa shape index (κ2) is 4.56. The molecule has 2 N–H and O–H groups in total. The molecule has 0 aromatic carbocycles. The van der Waals surface area contributed by atoms with Gasteiger partial charge < -0.3 is 10.5 Å². The summed E-state index contributed by atoms with van der Waals surface area (Å²) in [6.07, 6.45) is 1.82. The second-order valence-electron chi connectivity index (χ2n) is 3.64. The number of hydrogen-bond acceptors (Lipinski definition) is 4. The number of piperidine rings is 1. The van der Waals surface area contributed by atoms with E-state index in [1.54, 1.807) is 7.11 Å². The van der Waals surface area contributed by atoms with Gasteiger partial charge in [0, 0.05) is 20.2 Å². The van der Waals surface area contributed by atoms with Crippen LogP contribution in [0.5, 0.6) is 0 Å². The third-order valence-electron chi connectivity index (χ3n) is 2.44. The monoisotopic (exact) mass is 183 g/mol. The number of ether oxygens (including phenoxy) is 1. The molecule has 0 amide bonds. The fourth-order valence-corrected chi connectivity index (χ4v) is 1.68. The number of hydrogen-bond donors (Lipinski definition) is 1. The smallest absolute Gasteiger partial charge is 0.117 e. The van der Waals surface area contributed by atoms with E-state index in [2.05, 4.69) is 11.0 Å². The second-order valence-corrected chi connectivity index (χ2v) is 3.64. The molecule has 1 rings (SSSR count). The first kappa shape index (κ1) is 10.5. The Kier molecular flexibility index (Phi) is 3.67. The molecule has 1 fully saturated rings. The lowest BCUT2D eigenvalue weighted by atomic mass is 9.92. The first-order valence-corrected chi connectivity index (χ1v) is 4.61. The van der Waals surface area contributed by atoms with Crippen molar-refractivity contribution in [3.63, 3.8) is 0 Å². The van der Waals surface area contributed by atoms with Crippen LogP contribution in [0.3, 0.4) is 0 Å². The van der Waals surface area contributed by atoms with Gasteiger partial charge in [-0.1, -0.05) is 0 Å². The van der Waals surface area contributed by atoms with Crippen LogP contribution in [0.2, 0.25) is 0 Å². The van der Waals surface area contributed by atoms with Gasteiger partial charge in [-0.2, -0.15) is 5.26 Å². The lowest BCUT2D eigenvalue weighted by molar-refractivity contribution is 0.117. The Morgan fingerprint density at radius 1 is 1.69 bits per heavy atom. The van der Waals surface area contributed by atoms with Crippen molar-refractivity contribution < 1.29 is 4.74 Å². The van der Waals surface area contributed by atoms with Gasteiger partial charge in [-0.3, -0.25) is 4.90 Å². The van der Waals surface area contributed by atoms with Crippen LogP contribution < -0.4 is 5.73 Å². The lowest BCUT2D eigenvalue weighted by Gasteiger charge is -2.35. The molecule has 0 aromatic rings. The Morgan fingerprint density at radius 3 is 3.08 bits per heavy atom. The number of methoxy groups -OCH3 is 1. The van der Waals surface area contributed by atoms with Crippen LogP contribution in [-0.2, 0) is 4.74 Å². The van der Waals surface area contributed by atoms with Gasteiger partial charge in [0.15, 0.2) is 0 Å². The maximum absolute atomic E-state index is 8.86. The fourth-order valence-electron chi connectivity index (χ4n) is 1.68. The van der Waals surface area contributed by atoms with Gasteiger partial charge in [0.05, 0.1) is 12.7 Å². The van der Waals surface area contributed by atoms with Crippen molar-refractivity contribution in [3.05, 3.63) is 0 Å². The van der Waals surface area contributed by atoms with Gasteiger partial charge in [0.1, 0.15) is 5.54 Å². The molecule has 4 nitrogen and oxygen atoms in total. The van der Waals surface area contributed by atoms with Crippen molar-refractivity contribution in [2.75, 3.05) is 33.4 Å². The van der Waals surface area contributed by atoms with Crippen LogP contribution in [0.4, 0.5) is 0 Å². The fraction of sp³-hybridized carbons (Fsp3) is 0.889. The molecule has 74 valence electrons. The van der Waals surface area contributed by atoms with Crippen LogP contribution in [-0.4, -0.2) is 43.8 Å². The number of nitrogens with zero attached hydrogens (tertiary/aromatic N) is 2. The minimum absolute atomic E-state index is 0.633. The van der Waals surface area contributed by atoms with E-state index in [1.165, 1.54) is 0 Å².